The molecule has 1 saturated heterocycles. The molecule has 0 amide bonds. The van der Waals surface area contributed by atoms with E-state index >= 15 is 0 Å². The maximum absolute atomic E-state index is 13.1. The van der Waals surface area contributed by atoms with Crippen LogP contribution in [0, 0.1) is 11.7 Å². The fourth-order valence-corrected chi connectivity index (χ4v) is 4.98. The van der Waals surface area contributed by atoms with E-state index in [9.17, 15) is 4.39 Å². The minimum atomic E-state index is -0.168. The quantitative estimate of drug-likeness (QED) is 0.820. The Hall–Kier alpha value is -1.79. The first kappa shape index (κ1) is 17.3. The molecule has 5 nitrogen and oxygen atoms in total. The predicted molar refractivity (Wildman–Crippen MR) is 97.9 cm³/mol. The molecule has 0 spiro atoms. The first-order valence-electron chi connectivity index (χ1n) is 10.2. The van der Waals surface area contributed by atoms with Gasteiger partial charge in [0.1, 0.15) is 5.82 Å². The molecule has 1 aromatic heterocycles. The van der Waals surface area contributed by atoms with E-state index < -0.39 is 0 Å². The molecule has 6 heteroatoms. The average molecular weight is 371 g/mol. The molecule has 3 atom stereocenters. The summed E-state index contributed by atoms with van der Waals surface area (Å²) in [5.41, 5.74) is 3.52. The number of ether oxygens (including phenoxy) is 2. The van der Waals surface area contributed by atoms with Gasteiger partial charge in [-0.05, 0) is 62.1 Å². The van der Waals surface area contributed by atoms with E-state index in [-0.39, 0.29) is 11.9 Å². The van der Waals surface area contributed by atoms with Crippen molar-refractivity contribution in [3.63, 3.8) is 0 Å². The molecular weight excluding hydrogens is 345 g/mol. The molecule has 5 rings (SSSR count). The van der Waals surface area contributed by atoms with Crippen LogP contribution in [0.3, 0.4) is 0 Å². The summed E-state index contributed by atoms with van der Waals surface area (Å²) in [5, 5.41) is 9.09. The first-order valence-corrected chi connectivity index (χ1v) is 10.2. The zero-order valence-corrected chi connectivity index (χ0v) is 15.5. The van der Waals surface area contributed by atoms with E-state index in [1.807, 2.05) is 12.1 Å². The molecule has 27 heavy (non-hydrogen) atoms. The molecule has 2 fully saturated rings. The van der Waals surface area contributed by atoms with E-state index in [0.717, 1.165) is 57.4 Å². The summed E-state index contributed by atoms with van der Waals surface area (Å²) in [4.78, 5) is 0. The molecule has 2 aromatic rings. The lowest BCUT2D eigenvalue weighted by molar-refractivity contribution is -0.0141. The fraction of sp³-hybridized carbons (Fsp3) is 0.619. The van der Waals surface area contributed by atoms with Gasteiger partial charge in [-0.3, -0.25) is 0 Å². The maximum Gasteiger partial charge on any atom is 0.123 e. The van der Waals surface area contributed by atoms with Gasteiger partial charge >= 0.3 is 0 Å². The lowest BCUT2D eigenvalue weighted by Gasteiger charge is -2.28. The zero-order chi connectivity index (χ0) is 18.2. The van der Waals surface area contributed by atoms with Gasteiger partial charge < -0.3 is 9.47 Å². The smallest absolute Gasteiger partial charge is 0.123 e. The van der Waals surface area contributed by atoms with Gasteiger partial charge in [0, 0.05) is 19.1 Å². The molecule has 0 radical (unpaired) electrons. The summed E-state index contributed by atoms with van der Waals surface area (Å²) in [6.07, 6.45) is 6.58. The summed E-state index contributed by atoms with van der Waals surface area (Å²) in [7, 11) is 0. The molecular formula is C21H26FN3O2. The molecule has 0 bridgehead atoms. The third-order valence-electron chi connectivity index (χ3n) is 6.50. The van der Waals surface area contributed by atoms with Crippen LogP contribution in [-0.4, -0.2) is 34.3 Å². The molecule has 1 unspecified atom stereocenters. The number of aromatic nitrogens is 3. The highest BCUT2D eigenvalue weighted by atomic mass is 19.1. The van der Waals surface area contributed by atoms with Crippen molar-refractivity contribution in [2.45, 2.75) is 63.2 Å². The van der Waals surface area contributed by atoms with Gasteiger partial charge in [0.05, 0.1) is 30.1 Å². The fourth-order valence-electron chi connectivity index (χ4n) is 4.98. The predicted octanol–water partition coefficient (Wildman–Crippen LogP) is 3.79. The Morgan fingerprint density at radius 3 is 2.74 bits per heavy atom. The van der Waals surface area contributed by atoms with Crippen LogP contribution in [-0.2, 0) is 22.5 Å². The Balaban J connectivity index is 1.26. The lowest BCUT2D eigenvalue weighted by atomic mass is 9.94. The number of rotatable bonds is 4. The van der Waals surface area contributed by atoms with Crippen molar-refractivity contribution in [3.8, 4) is 0 Å². The van der Waals surface area contributed by atoms with Crippen molar-refractivity contribution in [2.24, 2.45) is 5.92 Å². The van der Waals surface area contributed by atoms with Gasteiger partial charge in [0.15, 0.2) is 0 Å². The molecule has 144 valence electrons. The number of aryl methyl sites for hydroxylation is 1. The number of nitrogens with zero attached hydrogens (tertiary/aromatic N) is 3. The summed E-state index contributed by atoms with van der Waals surface area (Å²) >= 11 is 0. The van der Waals surface area contributed by atoms with Gasteiger partial charge in [-0.25, -0.2) is 9.07 Å². The van der Waals surface area contributed by atoms with E-state index in [1.165, 1.54) is 11.3 Å². The second-order valence-corrected chi connectivity index (χ2v) is 8.17. The van der Waals surface area contributed by atoms with Gasteiger partial charge in [0.2, 0.25) is 0 Å². The highest BCUT2D eigenvalue weighted by molar-refractivity contribution is 5.19. The number of fused-ring (bicyclic) bond motifs is 3. The summed E-state index contributed by atoms with van der Waals surface area (Å²) in [5.74, 6) is 0.906. The van der Waals surface area contributed by atoms with Gasteiger partial charge in [-0.1, -0.05) is 17.3 Å². The Morgan fingerprint density at radius 2 is 1.93 bits per heavy atom. The van der Waals surface area contributed by atoms with Crippen molar-refractivity contribution < 1.29 is 13.9 Å². The average Bonchev–Trinajstić information content (AvgIpc) is 3.32. The highest BCUT2D eigenvalue weighted by Gasteiger charge is 2.41. The van der Waals surface area contributed by atoms with Gasteiger partial charge in [0.25, 0.3) is 0 Å². The van der Waals surface area contributed by atoms with Crippen LogP contribution in [0.2, 0.25) is 0 Å². The van der Waals surface area contributed by atoms with E-state index in [2.05, 4.69) is 15.0 Å². The second kappa shape index (κ2) is 7.32. The van der Waals surface area contributed by atoms with Crippen LogP contribution in [0.5, 0.6) is 0 Å². The Kier molecular flexibility index (Phi) is 4.70. The highest BCUT2D eigenvalue weighted by Crippen LogP contribution is 2.43. The number of benzene rings is 1. The molecule has 1 aromatic carbocycles. The standard InChI is InChI=1S/C21H26FN3O2/c22-17-5-3-14(4-6-17)1-2-15-11-18-20(12-15)27-13-19-21(23-24-25(18)19)16-7-9-26-10-8-16/h3-6,15-16,18,20H,1-2,7-13H2/t15?,18-,20-/m0/s1. The Morgan fingerprint density at radius 1 is 1.11 bits per heavy atom. The number of hydrogen-bond acceptors (Lipinski definition) is 4. The number of hydrogen-bond donors (Lipinski definition) is 0. The van der Waals surface area contributed by atoms with Crippen molar-refractivity contribution in [1.29, 1.82) is 0 Å². The van der Waals surface area contributed by atoms with E-state index in [4.69, 9.17) is 9.47 Å². The maximum atomic E-state index is 13.1. The Bertz CT molecular complexity index is 785. The third kappa shape index (κ3) is 3.41. The summed E-state index contributed by atoms with van der Waals surface area (Å²) < 4.78 is 27.0. The van der Waals surface area contributed by atoms with Gasteiger partial charge in [-0.15, -0.1) is 5.10 Å². The minimum absolute atomic E-state index is 0.168. The molecule has 2 aliphatic heterocycles. The summed E-state index contributed by atoms with van der Waals surface area (Å²) in [6, 6.07) is 7.19. The zero-order valence-electron chi connectivity index (χ0n) is 15.5. The molecule has 0 N–H and O–H groups in total. The van der Waals surface area contributed by atoms with Crippen LogP contribution in [0.15, 0.2) is 24.3 Å². The first-order chi connectivity index (χ1) is 13.3. The van der Waals surface area contributed by atoms with E-state index in [0.29, 0.717) is 24.5 Å². The van der Waals surface area contributed by atoms with Crippen LogP contribution in [0.4, 0.5) is 4.39 Å². The Labute approximate surface area is 158 Å². The SMILES string of the molecule is Fc1ccc(CCC2C[C@@H]3OCc4c(C5CCOCC5)nnn4[C@H]3C2)cc1. The summed E-state index contributed by atoms with van der Waals surface area (Å²) in [6.45, 7) is 2.26. The molecule has 1 saturated carbocycles. The van der Waals surface area contributed by atoms with E-state index in [1.54, 1.807) is 12.1 Å². The van der Waals surface area contributed by atoms with Crippen molar-refractivity contribution in [2.75, 3.05) is 13.2 Å². The van der Waals surface area contributed by atoms with Crippen molar-refractivity contribution in [1.82, 2.24) is 15.0 Å². The largest absolute Gasteiger partial charge is 0.381 e. The topological polar surface area (TPSA) is 49.2 Å². The third-order valence-corrected chi connectivity index (χ3v) is 6.50. The number of halogens is 1. The lowest BCUT2D eigenvalue weighted by Crippen LogP contribution is -2.30. The molecule has 3 heterocycles. The van der Waals surface area contributed by atoms with Crippen molar-refractivity contribution >= 4 is 0 Å². The van der Waals surface area contributed by atoms with Crippen molar-refractivity contribution in [3.05, 3.63) is 47.0 Å². The van der Waals surface area contributed by atoms with Crippen LogP contribution >= 0.6 is 0 Å². The normalized spacial score (nSPS) is 28.1. The van der Waals surface area contributed by atoms with Crippen LogP contribution in [0.1, 0.15) is 61.0 Å². The van der Waals surface area contributed by atoms with Gasteiger partial charge in [-0.2, -0.15) is 0 Å². The molecule has 1 aliphatic carbocycles. The van der Waals surface area contributed by atoms with Crippen LogP contribution < -0.4 is 0 Å². The monoisotopic (exact) mass is 371 g/mol. The second-order valence-electron chi connectivity index (χ2n) is 8.17. The van der Waals surface area contributed by atoms with Crippen LogP contribution in [0.25, 0.3) is 0 Å². The molecule has 3 aliphatic rings. The minimum Gasteiger partial charge on any atom is -0.381 e.